The Balaban J connectivity index is 1.50. The summed E-state index contributed by atoms with van der Waals surface area (Å²) in [6.45, 7) is 0.513. The number of anilines is 1. The molecule has 25 heavy (non-hydrogen) atoms. The minimum Gasteiger partial charge on any atom is -0.495 e. The standard InChI is InChI=1S/C19H19N3O2S/c1-24-17-10-6-5-9-16(17)22-19(23)20-12-11-15-13-25-18(21-15)14-7-3-2-4-8-14/h2-10,13H,11-12H2,1H3,(H2,20,22,23). The molecule has 0 fully saturated rings. The fourth-order valence-corrected chi connectivity index (χ4v) is 3.21. The fraction of sp³-hybridized carbons (Fsp3) is 0.158. The molecule has 0 spiro atoms. The Hall–Kier alpha value is -2.86. The van der Waals surface area contributed by atoms with Crippen LogP contribution >= 0.6 is 11.3 Å². The number of carbonyl (C=O) groups excluding carboxylic acids is 1. The van der Waals surface area contributed by atoms with E-state index in [2.05, 4.69) is 15.6 Å². The molecule has 6 heteroatoms. The predicted octanol–water partition coefficient (Wildman–Crippen LogP) is 4.18. The van der Waals surface area contributed by atoms with Gasteiger partial charge in [0, 0.05) is 23.9 Å². The zero-order valence-corrected chi connectivity index (χ0v) is 14.7. The Morgan fingerprint density at radius 3 is 2.68 bits per heavy atom. The Morgan fingerprint density at radius 1 is 1.12 bits per heavy atom. The first-order valence-electron chi connectivity index (χ1n) is 7.94. The number of amides is 2. The third-order valence-electron chi connectivity index (χ3n) is 3.59. The number of urea groups is 1. The van der Waals surface area contributed by atoms with E-state index in [1.54, 1.807) is 30.6 Å². The molecule has 2 amide bonds. The second kappa shape index (κ2) is 8.30. The van der Waals surface area contributed by atoms with Crippen LogP contribution in [0, 0.1) is 0 Å². The van der Waals surface area contributed by atoms with Crippen LogP contribution in [0.15, 0.2) is 60.0 Å². The molecule has 0 bridgehead atoms. The summed E-state index contributed by atoms with van der Waals surface area (Å²) in [5, 5.41) is 8.65. The number of thiazole rings is 1. The molecule has 0 unspecified atom stereocenters. The molecule has 0 radical (unpaired) electrons. The molecule has 0 atom stereocenters. The average Bonchev–Trinajstić information content (AvgIpc) is 3.12. The molecule has 128 valence electrons. The fourth-order valence-electron chi connectivity index (χ4n) is 2.35. The van der Waals surface area contributed by atoms with Crippen LogP contribution in [0.4, 0.5) is 10.5 Å². The van der Waals surface area contributed by atoms with E-state index in [9.17, 15) is 4.79 Å². The third-order valence-corrected chi connectivity index (χ3v) is 4.53. The molecule has 0 aliphatic carbocycles. The summed E-state index contributed by atoms with van der Waals surface area (Å²) < 4.78 is 5.21. The van der Waals surface area contributed by atoms with Crippen LogP contribution in [-0.2, 0) is 6.42 Å². The van der Waals surface area contributed by atoms with E-state index >= 15 is 0 Å². The minimum absolute atomic E-state index is 0.261. The van der Waals surface area contributed by atoms with Gasteiger partial charge in [0.05, 0.1) is 18.5 Å². The molecule has 2 N–H and O–H groups in total. The van der Waals surface area contributed by atoms with Crippen molar-refractivity contribution in [3.8, 4) is 16.3 Å². The second-order valence-electron chi connectivity index (χ2n) is 5.34. The molecule has 0 aliphatic heterocycles. The van der Waals surface area contributed by atoms with Gasteiger partial charge in [-0.15, -0.1) is 11.3 Å². The first kappa shape index (κ1) is 17.0. The number of nitrogens with one attached hydrogen (secondary N) is 2. The highest BCUT2D eigenvalue weighted by atomic mass is 32.1. The Morgan fingerprint density at radius 2 is 1.88 bits per heavy atom. The van der Waals surface area contributed by atoms with Gasteiger partial charge in [0.15, 0.2) is 0 Å². The molecular weight excluding hydrogens is 334 g/mol. The van der Waals surface area contributed by atoms with E-state index in [0.29, 0.717) is 24.4 Å². The second-order valence-corrected chi connectivity index (χ2v) is 6.20. The highest BCUT2D eigenvalue weighted by Crippen LogP contribution is 2.24. The number of nitrogens with zero attached hydrogens (tertiary/aromatic N) is 1. The summed E-state index contributed by atoms with van der Waals surface area (Å²) in [5.74, 6) is 0.629. The van der Waals surface area contributed by atoms with Crippen LogP contribution in [0.5, 0.6) is 5.75 Å². The summed E-state index contributed by atoms with van der Waals surface area (Å²) in [5.41, 5.74) is 2.73. The van der Waals surface area contributed by atoms with Gasteiger partial charge in [-0.25, -0.2) is 9.78 Å². The van der Waals surface area contributed by atoms with E-state index in [4.69, 9.17) is 4.74 Å². The van der Waals surface area contributed by atoms with E-state index in [0.717, 1.165) is 16.3 Å². The van der Waals surface area contributed by atoms with Crippen molar-refractivity contribution in [1.82, 2.24) is 10.3 Å². The van der Waals surface area contributed by atoms with Crippen LogP contribution in [0.1, 0.15) is 5.69 Å². The summed E-state index contributed by atoms with van der Waals surface area (Å²) in [6, 6.07) is 17.1. The number of ether oxygens (including phenoxy) is 1. The Bertz CT molecular complexity index is 833. The number of rotatable bonds is 6. The van der Waals surface area contributed by atoms with Crippen molar-refractivity contribution in [3.05, 3.63) is 65.7 Å². The quantitative estimate of drug-likeness (QED) is 0.699. The van der Waals surface area contributed by atoms with Crippen LogP contribution < -0.4 is 15.4 Å². The maximum Gasteiger partial charge on any atom is 0.319 e. The van der Waals surface area contributed by atoms with E-state index in [1.165, 1.54) is 0 Å². The largest absolute Gasteiger partial charge is 0.495 e. The molecule has 1 heterocycles. The molecule has 2 aromatic carbocycles. The lowest BCUT2D eigenvalue weighted by atomic mass is 10.2. The van der Waals surface area contributed by atoms with E-state index in [-0.39, 0.29) is 6.03 Å². The smallest absolute Gasteiger partial charge is 0.319 e. The Labute approximate surface area is 150 Å². The number of benzene rings is 2. The molecule has 0 saturated heterocycles. The lowest BCUT2D eigenvalue weighted by Gasteiger charge is -2.10. The van der Waals surface area contributed by atoms with Crippen LogP contribution in [0.3, 0.4) is 0 Å². The zero-order chi connectivity index (χ0) is 17.5. The summed E-state index contributed by atoms with van der Waals surface area (Å²) in [7, 11) is 1.57. The third kappa shape index (κ3) is 4.58. The van der Waals surface area contributed by atoms with Crippen molar-refractivity contribution in [3.63, 3.8) is 0 Å². The van der Waals surface area contributed by atoms with Crippen molar-refractivity contribution in [2.45, 2.75) is 6.42 Å². The maximum atomic E-state index is 12.0. The Kier molecular flexibility index (Phi) is 5.64. The van der Waals surface area contributed by atoms with Crippen molar-refractivity contribution < 1.29 is 9.53 Å². The maximum absolute atomic E-state index is 12.0. The van der Waals surface area contributed by atoms with E-state index < -0.39 is 0 Å². The van der Waals surface area contributed by atoms with Gasteiger partial charge in [0.2, 0.25) is 0 Å². The van der Waals surface area contributed by atoms with Crippen LogP contribution in [0.2, 0.25) is 0 Å². The van der Waals surface area contributed by atoms with Gasteiger partial charge in [-0.05, 0) is 12.1 Å². The van der Waals surface area contributed by atoms with Crippen molar-refractivity contribution in [2.75, 3.05) is 19.0 Å². The summed E-state index contributed by atoms with van der Waals surface area (Å²) >= 11 is 1.61. The number of hydrogen-bond donors (Lipinski definition) is 2. The van der Waals surface area contributed by atoms with Gasteiger partial charge >= 0.3 is 6.03 Å². The molecule has 0 saturated carbocycles. The number of carbonyl (C=O) groups is 1. The summed E-state index contributed by atoms with van der Waals surface area (Å²) in [4.78, 5) is 16.6. The SMILES string of the molecule is COc1ccccc1NC(=O)NCCc1csc(-c2ccccc2)n1. The summed E-state index contributed by atoms with van der Waals surface area (Å²) in [6.07, 6.45) is 0.683. The predicted molar refractivity (Wildman–Crippen MR) is 101 cm³/mol. The number of para-hydroxylation sites is 2. The van der Waals surface area contributed by atoms with Crippen molar-refractivity contribution >= 4 is 23.1 Å². The normalized spacial score (nSPS) is 10.3. The molecule has 0 aliphatic rings. The molecule has 5 nitrogen and oxygen atoms in total. The first-order valence-corrected chi connectivity index (χ1v) is 8.82. The van der Waals surface area contributed by atoms with Crippen molar-refractivity contribution in [1.29, 1.82) is 0 Å². The van der Waals surface area contributed by atoms with Gasteiger partial charge in [-0.1, -0.05) is 42.5 Å². The van der Waals surface area contributed by atoms with Crippen LogP contribution in [0.25, 0.3) is 10.6 Å². The molecular formula is C19H19N3O2S. The lowest BCUT2D eigenvalue weighted by molar-refractivity contribution is 0.252. The molecule has 1 aromatic heterocycles. The average molecular weight is 353 g/mol. The minimum atomic E-state index is -0.261. The topological polar surface area (TPSA) is 63.2 Å². The van der Waals surface area contributed by atoms with Crippen LogP contribution in [-0.4, -0.2) is 24.7 Å². The highest BCUT2D eigenvalue weighted by molar-refractivity contribution is 7.13. The van der Waals surface area contributed by atoms with E-state index in [1.807, 2.05) is 47.8 Å². The van der Waals surface area contributed by atoms with Gasteiger partial charge in [0.25, 0.3) is 0 Å². The highest BCUT2D eigenvalue weighted by Gasteiger charge is 2.07. The van der Waals surface area contributed by atoms with Gasteiger partial charge < -0.3 is 15.4 Å². The van der Waals surface area contributed by atoms with Gasteiger partial charge in [-0.2, -0.15) is 0 Å². The lowest BCUT2D eigenvalue weighted by Crippen LogP contribution is -2.30. The molecule has 3 aromatic rings. The zero-order valence-electron chi connectivity index (χ0n) is 13.9. The van der Waals surface area contributed by atoms with Gasteiger partial charge in [-0.3, -0.25) is 0 Å². The van der Waals surface area contributed by atoms with Crippen molar-refractivity contribution in [2.24, 2.45) is 0 Å². The first-order chi connectivity index (χ1) is 12.3. The number of hydrogen-bond acceptors (Lipinski definition) is 4. The van der Waals surface area contributed by atoms with Gasteiger partial charge in [0.1, 0.15) is 10.8 Å². The monoisotopic (exact) mass is 353 g/mol. The number of methoxy groups -OCH3 is 1. The number of aromatic nitrogens is 1. The molecule has 3 rings (SSSR count).